The van der Waals surface area contributed by atoms with Crippen LogP contribution in [-0.4, -0.2) is 21.5 Å². The van der Waals surface area contributed by atoms with Crippen LogP contribution in [0.4, 0.5) is 4.39 Å². The molecule has 0 spiro atoms. The molecule has 1 heterocycles. The quantitative estimate of drug-likeness (QED) is 0.850. The van der Waals surface area contributed by atoms with Crippen molar-refractivity contribution in [3.63, 3.8) is 0 Å². The van der Waals surface area contributed by atoms with Crippen molar-refractivity contribution in [3.8, 4) is 0 Å². The first kappa shape index (κ1) is 18.6. The van der Waals surface area contributed by atoms with E-state index in [1.165, 1.54) is 6.07 Å². The highest BCUT2D eigenvalue weighted by atomic mass is 19.1. The van der Waals surface area contributed by atoms with Gasteiger partial charge in [0.05, 0.1) is 18.8 Å². The van der Waals surface area contributed by atoms with Crippen LogP contribution < -0.4 is 5.32 Å². The third-order valence-corrected chi connectivity index (χ3v) is 4.37. The van der Waals surface area contributed by atoms with E-state index in [1.807, 2.05) is 24.6 Å². The molecular formula is C19H28FN3O. The number of halogens is 1. The second kappa shape index (κ2) is 7.45. The van der Waals surface area contributed by atoms with E-state index in [1.54, 1.807) is 12.1 Å². The zero-order valence-corrected chi connectivity index (χ0v) is 15.2. The van der Waals surface area contributed by atoms with Gasteiger partial charge in [-0.15, -0.1) is 0 Å². The molecule has 0 amide bonds. The summed E-state index contributed by atoms with van der Waals surface area (Å²) in [5.41, 5.74) is 4.03. The van der Waals surface area contributed by atoms with Gasteiger partial charge in [-0.05, 0) is 37.0 Å². The maximum atomic E-state index is 13.6. The summed E-state index contributed by atoms with van der Waals surface area (Å²) in [6, 6.07) is 6.80. The third kappa shape index (κ3) is 4.22. The molecule has 0 saturated carbocycles. The molecule has 2 aromatic rings. The zero-order valence-electron chi connectivity index (χ0n) is 15.2. The molecule has 1 aromatic carbocycles. The summed E-state index contributed by atoms with van der Waals surface area (Å²) >= 11 is 0. The Balaban J connectivity index is 2.23. The van der Waals surface area contributed by atoms with Gasteiger partial charge in [0.25, 0.3) is 0 Å². The number of aliphatic hydroxyl groups is 1. The summed E-state index contributed by atoms with van der Waals surface area (Å²) in [7, 11) is 0. The van der Waals surface area contributed by atoms with E-state index in [-0.39, 0.29) is 23.9 Å². The minimum absolute atomic E-state index is 0.0215. The van der Waals surface area contributed by atoms with Crippen LogP contribution >= 0.6 is 0 Å². The summed E-state index contributed by atoms with van der Waals surface area (Å²) in [5.74, 6) is -0.216. The molecule has 0 saturated heterocycles. The molecule has 4 nitrogen and oxygen atoms in total. The second-order valence-corrected chi connectivity index (χ2v) is 7.33. The number of aryl methyl sites for hydroxylation is 1. The Morgan fingerprint density at radius 3 is 2.58 bits per heavy atom. The van der Waals surface area contributed by atoms with Crippen molar-refractivity contribution in [2.24, 2.45) is 5.41 Å². The summed E-state index contributed by atoms with van der Waals surface area (Å²) in [6.45, 7) is 11.6. The lowest BCUT2D eigenvalue weighted by Crippen LogP contribution is -2.32. The Bertz CT molecular complexity index is 688. The van der Waals surface area contributed by atoms with Gasteiger partial charge in [0.2, 0.25) is 0 Å². The van der Waals surface area contributed by atoms with Crippen molar-refractivity contribution < 1.29 is 9.50 Å². The van der Waals surface area contributed by atoms with E-state index >= 15 is 0 Å². The normalized spacial score (nSPS) is 13.3. The summed E-state index contributed by atoms with van der Waals surface area (Å²) < 4.78 is 15.5. The average molecular weight is 333 g/mol. The lowest BCUT2D eigenvalue weighted by Gasteiger charge is -2.32. The fourth-order valence-electron chi connectivity index (χ4n) is 3.12. The molecule has 2 rings (SSSR count). The Labute approximate surface area is 143 Å². The van der Waals surface area contributed by atoms with E-state index in [0.29, 0.717) is 13.1 Å². The molecule has 1 atom stereocenters. The van der Waals surface area contributed by atoms with Gasteiger partial charge in [0.15, 0.2) is 0 Å². The van der Waals surface area contributed by atoms with Crippen LogP contribution in [0.15, 0.2) is 24.3 Å². The number of nitrogens with zero attached hydrogens (tertiary/aromatic N) is 2. The van der Waals surface area contributed by atoms with Gasteiger partial charge in [0.1, 0.15) is 5.82 Å². The van der Waals surface area contributed by atoms with E-state index < -0.39 is 0 Å². The second-order valence-electron chi connectivity index (χ2n) is 7.33. The number of hydrogen-bond acceptors (Lipinski definition) is 3. The molecule has 0 aliphatic carbocycles. The van der Waals surface area contributed by atoms with E-state index in [4.69, 9.17) is 5.11 Å². The highest BCUT2D eigenvalue weighted by Gasteiger charge is 2.26. The van der Waals surface area contributed by atoms with E-state index in [2.05, 4.69) is 31.2 Å². The minimum Gasteiger partial charge on any atom is -0.394 e. The molecule has 0 aliphatic heterocycles. The lowest BCUT2D eigenvalue weighted by molar-refractivity contribution is 0.267. The molecule has 132 valence electrons. The van der Waals surface area contributed by atoms with Gasteiger partial charge >= 0.3 is 0 Å². The fraction of sp³-hybridized carbons (Fsp3) is 0.526. The number of aromatic nitrogens is 2. The molecule has 0 radical (unpaired) electrons. The summed E-state index contributed by atoms with van der Waals surface area (Å²) in [4.78, 5) is 0. The van der Waals surface area contributed by atoms with Gasteiger partial charge in [-0.1, -0.05) is 32.9 Å². The van der Waals surface area contributed by atoms with Crippen LogP contribution in [0.2, 0.25) is 0 Å². The zero-order chi connectivity index (χ0) is 17.9. The van der Waals surface area contributed by atoms with Crippen LogP contribution in [0.5, 0.6) is 0 Å². The molecule has 5 heteroatoms. The lowest BCUT2D eigenvalue weighted by atomic mass is 9.82. The topological polar surface area (TPSA) is 50.1 Å². The number of rotatable bonds is 6. The summed E-state index contributed by atoms with van der Waals surface area (Å²) in [6.07, 6.45) is 0. The van der Waals surface area contributed by atoms with Gasteiger partial charge < -0.3 is 10.4 Å². The highest BCUT2D eigenvalue weighted by molar-refractivity contribution is 5.26. The van der Waals surface area contributed by atoms with Crippen LogP contribution in [0.3, 0.4) is 0 Å². The Morgan fingerprint density at radius 1 is 1.29 bits per heavy atom. The van der Waals surface area contributed by atoms with Crippen LogP contribution in [-0.2, 0) is 13.1 Å². The van der Waals surface area contributed by atoms with Crippen LogP contribution in [0.25, 0.3) is 0 Å². The number of hydrogen-bond donors (Lipinski definition) is 2. The molecule has 1 aromatic heterocycles. The first-order chi connectivity index (χ1) is 11.2. The van der Waals surface area contributed by atoms with Crippen molar-refractivity contribution >= 4 is 0 Å². The Morgan fingerprint density at radius 2 is 2.00 bits per heavy atom. The number of aliphatic hydroxyl groups excluding tert-OH is 1. The van der Waals surface area contributed by atoms with Gasteiger partial charge in [0, 0.05) is 23.8 Å². The molecular weight excluding hydrogens is 305 g/mol. The predicted octanol–water partition coefficient (Wildman–Crippen LogP) is 3.51. The monoisotopic (exact) mass is 333 g/mol. The number of benzene rings is 1. The summed E-state index contributed by atoms with van der Waals surface area (Å²) in [5, 5.41) is 17.2. The van der Waals surface area contributed by atoms with Crippen molar-refractivity contribution in [1.82, 2.24) is 15.1 Å². The van der Waals surface area contributed by atoms with E-state index in [9.17, 15) is 4.39 Å². The molecule has 2 N–H and O–H groups in total. The molecule has 0 fully saturated rings. The van der Waals surface area contributed by atoms with E-state index in [0.717, 1.165) is 22.5 Å². The van der Waals surface area contributed by atoms with Crippen molar-refractivity contribution in [2.75, 3.05) is 6.61 Å². The SMILES string of the molecule is Cc1nn(CCO)c(C)c1CNC(c1cccc(F)c1)C(C)(C)C. The first-order valence-corrected chi connectivity index (χ1v) is 8.36. The molecule has 1 unspecified atom stereocenters. The highest BCUT2D eigenvalue weighted by Crippen LogP contribution is 2.33. The predicted molar refractivity (Wildman–Crippen MR) is 94.2 cm³/mol. The molecule has 0 bridgehead atoms. The third-order valence-electron chi connectivity index (χ3n) is 4.37. The Hall–Kier alpha value is -1.72. The smallest absolute Gasteiger partial charge is 0.123 e. The molecule has 0 aliphatic rings. The maximum absolute atomic E-state index is 13.6. The van der Waals surface area contributed by atoms with Crippen molar-refractivity contribution in [3.05, 3.63) is 52.6 Å². The van der Waals surface area contributed by atoms with Crippen LogP contribution in [0, 0.1) is 25.1 Å². The van der Waals surface area contributed by atoms with Crippen LogP contribution in [0.1, 0.15) is 49.3 Å². The minimum atomic E-state index is -0.216. The first-order valence-electron chi connectivity index (χ1n) is 8.36. The van der Waals surface area contributed by atoms with Crippen molar-refractivity contribution in [1.29, 1.82) is 0 Å². The fourth-order valence-corrected chi connectivity index (χ4v) is 3.12. The maximum Gasteiger partial charge on any atom is 0.123 e. The average Bonchev–Trinajstić information content (AvgIpc) is 2.74. The van der Waals surface area contributed by atoms with Gasteiger partial charge in [-0.25, -0.2) is 4.39 Å². The standard InChI is InChI=1S/C19H28FN3O/c1-13-17(14(2)23(22-13)9-10-24)12-21-18(19(3,4)5)15-7-6-8-16(20)11-15/h6-8,11,18,21,24H,9-10,12H2,1-5H3. The molecule has 24 heavy (non-hydrogen) atoms. The largest absolute Gasteiger partial charge is 0.394 e. The Kier molecular flexibility index (Phi) is 5.78. The number of nitrogens with one attached hydrogen (secondary N) is 1. The van der Waals surface area contributed by atoms with Gasteiger partial charge in [-0.3, -0.25) is 4.68 Å². The van der Waals surface area contributed by atoms with Gasteiger partial charge in [-0.2, -0.15) is 5.10 Å². The van der Waals surface area contributed by atoms with Crippen molar-refractivity contribution in [2.45, 2.75) is 53.8 Å².